The maximum absolute atomic E-state index is 12.3. The van der Waals surface area contributed by atoms with E-state index in [1.807, 2.05) is 13.8 Å². The molecule has 8 heteroatoms. The molecule has 0 bridgehead atoms. The Morgan fingerprint density at radius 3 is 2.11 bits per heavy atom. The lowest BCUT2D eigenvalue weighted by molar-refractivity contribution is 0.0691. The Morgan fingerprint density at radius 2 is 1.56 bits per heavy atom. The van der Waals surface area contributed by atoms with Gasteiger partial charge in [-0.25, -0.2) is 17.9 Å². The van der Waals surface area contributed by atoms with Crippen LogP contribution in [-0.2, 0) is 10.0 Å². The molecule has 0 saturated carbocycles. The van der Waals surface area contributed by atoms with Crippen LogP contribution in [-0.4, -0.2) is 38.5 Å². The van der Waals surface area contributed by atoms with E-state index in [2.05, 4.69) is 10.0 Å². The Labute approximate surface area is 158 Å². The van der Waals surface area contributed by atoms with E-state index in [1.165, 1.54) is 18.2 Å². The molecule has 0 aliphatic rings. The molecule has 0 saturated heterocycles. The predicted molar refractivity (Wildman–Crippen MR) is 101 cm³/mol. The summed E-state index contributed by atoms with van der Waals surface area (Å²) in [6.07, 6.45) is 0. The highest BCUT2D eigenvalue weighted by atomic mass is 32.2. The van der Waals surface area contributed by atoms with E-state index in [9.17, 15) is 18.0 Å². The summed E-state index contributed by atoms with van der Waals surface area (Å²) < 4.78 is 26.9. The average molecular weight is 390 g/mol. The minimum absolute atomic E-state index is 0.0186. The van der Waals surface area contributed by atoms with E-state index in [4.69, 9.17) is 5.11 Å². The standard InChI is InChI=1S/C19H22N2O5S/c1-13(2)14-7-9-15(10-8-14)27(25,26)21-12-11-20-18(22)16-5-3-4-6-17(16)19(23)24/h3-10,13,21H,11-12H2,1-2H3,(H,20,22)(H,23,24). The van der Waals surface area contributed by atoms with E-state index in [-0.39, 0.29) is 29.1 Å². The maximum atomic E-state index is 12.3. The van der Waals surface area contributed by atoms with Gasteiger partial charge in [-0.2, -0.15) is 0 Å². The third-order valence-electron chi connectivity index (χ3n) is 3.96. The van der Waals surface area contributed by atoms with Crippen molar-refractivity contribution < 1.29 is 23.1 Å². The Kier molecular flexibility index (Phi) is 6.70. The lowest BCUT2D eigenvalue weighted by atomic mass is 10.0. The molecular formula is C19H22N2O5S. The van der Waals surface area contributed by atoms with E-state index >= 15 is 0 Å². The monoisotopic (exact) mass is 390 g/mol. The summed E-state index contributed by atoms with van der Waals surface area (Å²) in [5.41, 5.74) is 0.955. The fourth-order valence-electron chi connectivity index (χ4n) is 2.44. The highest BCUT2D eigenvalue weighted by molar-refractivity contribution is 7.89. The van der Waals surface area contributed by atoms with Crippen molar-refractivity contribution in [3.63, 3.8) is 0 Å². The van der Waals surface area contributed by atoms with Gasteiger partial charge in [0.05, 0.1) is 16.0 Å². The van der Waals surface area contributed by atoms with Crippen LogP contribution < -0.4 is 10.0 Å². The molecule has 7 nitrogen and oxygen atoms in total. The first-order valence-corrected chi connectivity index (χ1v) is 9.91. The van der Waals surface area contributed by atoms with Crippen molar-refractivity contribution >= 4 is 21.9 Å². The van der Waals surface area contributed by atoms with Crippen LogP contribution >= 0.6 is 0 Å². The summed E-state index contributed by atoms with van der Waals surface area (Å²) in [7, 11) is -3.68. The Balaban J connectivity index is 1.92. The van der Waals surface area contributed by atoms with Crippen LogP contribution in [0.5, 0.6) is 0 Å². The van der Waals surface area contributed by atoms with Crippen molar-refractivity contribution in [2.24, 2.45) is 0 Å². The molecule has 2 aromatic rings. The number of carboxylic acids is 1. The first-order valence-electron chi connectivity index (χ1n) is 8.42. The van der Waals surface area contributed by atoms with Crippen LogP contribution in [0.2, 0.25) is 0 Å². The zero-order chi connectivity index (χ0) is 20.0. The van der Waals surface area contributed by atoms with Crippen LogP contribution in [0, 0.1) is 0 Å². The second-order valence-electron chi connectivity index (χ2n) is 6.23. The summed E-state index contributed by atoms with van der Waals surface area (Å²) in [5.74, 6) is -1.47. The lowest BCUT2D eigenvalue weighted by Crippen LogP contribution is -2.35. The fraction of sp³-hybridized carbons (Fsp3) is 0.263. The zero-order valence-corrected chi connectivity index (χ0v) is 15.9. The van der Waals surface area contributed by atoms with Gasteiger partial charge in [0.2, 0.25) is 10.0 Å². The van der Waals surface area contributed by atoms with E-state index in [0.29, 0.717) is 5.92 Å². The van der Waals surface area contributed by atoms with Crippen LogP contribution in [0.25, 0.3) is 0 Å². The topological polar surface area (TPSA) is 113 Å². The Bertz CT molecular complexity index is 921. The minimum Gasteiger partial charge on any atom is -0.478 e. The molecule has 0 heterocycles. The fourth-order valence-corrected chi connectivity index (χ4v) is 3.47. The largest absolute Gasteiger partial charge is 0.478 e. The normalized spacial score (nSPS) is 11.4. The van der Waals surface area contributed by atoms with Gasteiger partial charge in [-0.1, -0.05) is 38.1 Å². The summed E-state index contributed by atoms with van der Waals surface area (Å²) in [5, 5.41) is 11.6. The number of carbonyl (C=O) groups is 2. The first kappa shape index (κ1) is 20.6. The number of sulfonamides is 1. The number of benzene rings is 2. The number of hydrogen-bond donors (Lipinski definition) is 3. The molecule has 2 rings (SSSR count). The Morgan fingerprint density at radius 1 is 0.963 bits per heavy atom. The molecule has 0 fully saturated rings. The second-order valence-corrected chi connectivity index (χ2v) is 8.00. The van der Waals surface area contributed by atoms with E-state index in [1.54, 1.807) is 30.3 Å². The number of carboxylic acid groups (broad SMARTS) is 1. The molecule has 144 valence electrons. The molecule has 0 aromatic heterocycles. The second kappa shape index (κ2) is 8.79. The highest BCUT2D eigenvalue weighted by Crippen LogP contribution is 2.17. The summed E-state index contributed by atoms with van der Waals surface area (Å²) in [6, 6.07) is 12.4. The molecule has 27 heavy (non-hydrogen) atoms. The van der Waals surface area contributed by atoms with E-state index < -0.39 is 21.9 Å². The first-order chi connectivity index (χ1) is 12.7. The molecular weight excluding hydrogens is 368 g/mol. The molecule has 0 aliphatic heterocycles. The molecule has 0 spiro atoms. The van der Waals surface area contributed by atoms with Crippen molar-refractivity contribution in [2.45, 2.75) is 24.7 Å². The molecule has 0 radical (unpaired) electrons. The van der Waals surface area contributed by atoms with Crippen molar-refractivity contribution in [3.8, 4) is 0 Å². The molecule has 0 atom stereocenters. The number of aromatic carboxylic acids is 1. The zero-order valence-electron chi connectivity index (χ0n) is 15.1. The lowest BCUT2D eigenvalue weighted by Gasteiger charge is -2.10. The number of carbonyl (C=O) groups excluding carboxylic acids is 1. The Hall–Kier alpha value is -2.71. The van der Waals surface area contributed by atoms with Gasteiger partial charge in [-0.15, -0.1) is 0 Å². The predicted octanol–water partition coefficient (Wildman–Crippen LogP) is 2.22. The van der Waals surface area contributed by atoms with Gasteiger partial charge in [0, 0.05) is 13.1 Å². The van der Waals surface area contributed by atoms with Gasteiger partial charge in [-0.3, -0.25) is 4.79 Å². The molecule has 1 amide bonds. The van der Waals surface area contributed by atoms with Crippen LogP contribution in [0.3, 0.4) is 0 Å². The molecule has 3 N–H and O–H groups in total. The third-order valence-corrected chi connectivity index (χ3v) is 5.44. The maximum Gasteiger partial charge on any atom is 0.336 e. The van der Waals surface area contributed by atoms with Crippen molar-refractivity contribution in [2.75, 3.05) is 13.1 Å². The van der Waals surface area contributed by atoms with E-state index in [0.717, 1.165) is 5.56 Å². The van der Waals surface area contributed by atoms with Crippen LogP contribution in [0.4, 0.5) is 0 Å². The van der Waals surface area contributed by atoms with Gasteiger partial charge in [0.25, 0.3) is 5.91 Å². The van der Waals surface area contributed by atoms with Gasteiger partial charge in [0.1, 0.15) is 0 Å². The summed E-state index contributed by atoms with van der Waals surface area (Å²) in [4.78, 5) is 23.4. The molecule has 0 unspecified atom stereocenters. The van der Waals surface area contributed by atoms with Gasteiger partial charge in [0.15, 0.2) is 0 Å². The SMILES string of the molecule is CC(C)c1ccc(S(=O)(=O)NCCNC(=O)c2ccccc2C(=O)O)cc1. The van der Waals surface area contributed by atoms with Crippen molar-refractivity contribution in [1.29, 1.82) is 0 Å². The number of hydrogen-bond acceptors (Lipinski definition) is 4. The average Bonchev–Trinajstić information content (AvgIpc) is 2.65. The number of nitrogens with one attached hydrogen (secondary N) is 2. The summed E-state index contributed by atoms with van der Waals surface area (Å²) in [6.45, 7) is 4.05. The smallest absolute Gasteiger partial charge is 0.336 e. The van der Waals surface area contributed by atoms with Crippen molar-refractivity contribution in [3.05, 3.63) is 65.2 Å². The summed E-state index contributed by atoms with van der Waals surface area (Å²) >= 11 is 0. The minimum atomic E-state index is -3.68. The van der Waals surface area contributed by atoms with Gasteiger partial charge in [-0.05, 0) is 35.7 Å². The highest BCUT2D eigenvalue weighted by Gasteiger charge is 2.16. The van der Waals surface area contributed by atoms with Crippen LogP contribution in [0.1, 0.15) is 46.0 Å². The van der Waals surface area contributed by atoms with Gasteiger partial charge >= 0.3 is 5.97 Å². The van der Waals surface area contributed by atoms with Gasteiger partial charge < -0.3 is 10.4 Å². The third kappa shape index (κ3) is 5.38. The quantitative estimate of drug-likeness (QED) is 0.598. The number of amides is 1. The van der Waals surface area contributed by atoms with Crippen molar-refractivity contribution in [1.82, 2.24) is 10.0 Å². The van der Waals surface area contributed by atoms with Crippen LogP contribution in [0.15, 0.2) is 53.4 Å². The number of rotatable bonds is 8. The molecule has 2 aromatic carbocycles. The molecule has 0 aliphatic carbocycles.